The SMILES string of the molecule is O=C(NC1CN2CCC1C2)c1ccccn1. The Hall–Kier alpha value is -1.42. The van der Waals surface area contributed by atoms with Gasteiger partial charge in [0.05, 0.1) is 0 Å². The maximum atomic E-state index is 11.9. The zero-order chi connectivity index (χ0) is 11.0. The van der Waals surface area contributed by atoms with Crippen molar-refractivity contribution in [1.29, 1.82) is 0 Å². The van der Waals surface area contributed by atoms with Crippen LogP contribution in [0, 0.1) is 5.92 Å². The number of nitrogens with zero attached hydrogens (tertiary/aromatic N) is 2. The fourth-order valence-electron chi connectivity index (χ4n) is 2.69. The zero-order valence-electron chi connectivity index (χ0n) is 9.10. The van der Waals surface area contributed by atoms with Crippen LogP contribution in [0.15, 0.2) is 24.4 Å². The van der Waals surface area contributed by atoms with Gasteiger partial charge in [-0.05, 0) is 31.0 Å². The van der Waals surface area contributed by atoms with Crippen molar-refractivity contribution in [2.75, 3.05) is 19.6 Å². The molecule has 4 heteroatoms. The fraction of sp³-hybridized carbons (Fsp3) is 0.500. The third kappa shape index (κ3) is 1.69. The third-order valence-electron chi connectivity index (χ3n) is 3.55. The molecule has 1 N–H and O–H groups in total. The van der Waals surface area contributed by atoms with E-state index < -0.39 is 0 Å². The van der Waals surface area contributed by atoms with Crippen LogP contribution in [0.2, 0.25) is 0 Å². The molecule has 0 aromatic carbocycles. The lowest BCUT2D eigenvalue weighted by Crippen LogP contribution is -2.43. The Kier molecular flexibility index (Phi) is 2.36. The van der Waals surface area contributed by atoms with Crippen molar-refractivity contribution in [2.24, 2.45) is 5.92 Å². The number of aromatic nitrogens is 1. The minimum Gasteiger partial charge on any atom is -0.346 e. The highest BCUT2D eigenvalue weighted by atomic mass is 16.2. The number of pyridine rings is 1. The minimum atomic E-state index is -0.0423. The van der Waals surface area contributed by atoms with Gasteiger partial charge in [0.25, 0.3) is 5.91 Å². The quantitative estimate of drug-likeness (QED) is 0.785. The summed E-state index contributed by atoms with van der Waals surface area (Å²) in [5.41, 5.74) is 0.514. The number of fused-ring (bicyclic) bond motifs is 2. The lowest BCUT2D eigenvalue weighted by atomic mass is 10.00. The first-order chi connectivity index (χ1) is 7.83. The summed E-state index contributed by atoms with van der Waals surface area (Å²) in [7, 11) is 0. The molecule has 0 aliphatic carbocycles. The number of carbonyl (C=O) groups excluding carboxylic acids is 1. The molecule has 0 spiro atoms. The molecular weight excluding hydrogens is 202 g/mol. The van der Waals surface area contributed by atoms with Crippen molar-refractivity contribution < 1.29 is 4.79 Å². The molecule has 2 aliphatic rings. The standard InChI is InChI=1S/C12H15N3O/c16-12(10-3-1-2-5-13-10)14-11-8-15-6-4-9(11)7-15/h1-3,5,9,11H,4,6-8H2,(H,14,16). The van der Waals surface area contributed by atoms with Crippen LogP contribution in [0.5, 0.6) is 0 Å². The normalized spacial score (nSPS) is 31.6. The predicted molar refractivity (Wildman–Crippen MR) is 60.0 cm³/mol. The first-order valence-electron chi connectivity index (χ1n) is 5.77. The first-order valence-corrected chi connectivity index (χ1v) is 5.77. The van der Waals surface area contributed by atoms with Crippen molar-refractivity contribution in [3.05, 3.63) is 30.1 Å². The number of hydrogen-bond donors (Lipinski definition) is 1. The molecule has 0 saturated carbocycles. The Morgan fingerprint density at radius 3 is 3.00 bits per heavy atom. The van der Waals surface area contributed by atoms with Gasteiger partial charge in [0.2, 0.25) is 0 Å². The van der Waals surface area contributed by atoms with E-state index in [1.807, 2.05) is 12.1 Å². The smallest absolute Gasteiger partial charge is 0.270 e. The van der Waals surface area contributed by atoms with E-state index in [4.69, 9.17) is 0 Å². The van der Waals surface area contributed by atoms with Gasteiger partial charge in [-0.15, -0.1) is 0 Å². The summed E-state index contributed by atoms with van der Waals surface area (Å²) in [5.74, 6) is 0.604. The molecule has 3 rings (SSSR count). The Bertz CT molecular complexity index is 393. The van der Waals surface area contributed by atoms with E-state index >= 15 is 0 Å². The van der Waals surface area contributed by atoms with Crippen LogP contribution in [0.25, 0.3) is 0 Å². The van der Waals surface area contributed by atoms with Crippen molar-refractivity contribution >= 4 is 5.91 Å². The molecule has 3 unspecified atom stereocenters. The van der Waals surface area contributed by atoms with E-state index in [-0.39, 0.29) is 5.91 Å². The molecular formula is C12H15N3O. The van der Waals surface area contributed by atoms with Crippen LogP contribution < -0.4 is 5.32 Å². The van der Waals surface area contributed by atoms with Crippen molar-refractivity contribution in [2.45, 2.75) is 12.5 Å². The molecule has 16 heavy (non-hydrogen) atoms. The summed E-state index contributed by atoms with van der Waals surface area (Å²) >= 11 is 0. The second-order valence-corrected chi connectivity index (χ2v) is 4.60. The van der Waals surface area contributed by atoms with Crippen molar-refractivity contribution in [3.8, 4) is 0 Å². The van der Waals surface area contributed by atoms with E-state index in [1.54, 1.807) is 12.3 Å². The van der Waals surface area contributed by atoms with Gasteiger partial charge in [0, 0.05) is 25.3 Å². The molecule has 1 aromatic rings. The molecule has 3 atom stereocenters. The largest absolute Gasteiger partial charge is 0.346 e. The van der Waals surface area contributed by atoms with Crippen molar-refractivity contribution in [3.63, 3.8) is 0 Å². The molecule has 3 heterocycles. The van der Waals surface area contributed by atoms with Gasteiger partial charge in [0.15, 0.2) is 0 Å². The van der Waals surface area contributed by atoms with Gasteiger partial charge in [-0.3, -0.25) is 9.78 Å². The number of nitrogens with one attached hydrogen (secondary N) is 1. The topological polar surface area (TPSA) is 45.2 Å². The number of carbonyl (C=O) groups is 1. The lowest BCUT2D eigenvalue weighted by Gasteiger charge is -2.22. The second kappa shape index (κ2) is 3.87. The number of rotatable bonds is 2. The highest BCUT2D eigenvalue weighted by Gasteiger charge is 2.38. The van der Waals surface area contributed by atoms with Crippen LogP contribution in [-0.4, -0.2) is 41.5 Å². The molecule has 4 nitrogen and oxygen atoms in total. The van der Waals surface area contributed by atoms with E-state index in [0.29, 0.717) is 17.7 Å². The molecule has 2 aliphatic heterocycles. The second-order valence-electron chi connectivity index (χ2n) is 4.60. The van der Waals surface area contributed by atoms with Gasteiger partial charge in [-0.2, -0.15) is 0 Å². The predicted octanol–water partition coefficient (Wildman–Crippen LogP) is 0.515. The van der Waals surface area contributed by atoms with Gasteiger partial charge < -0.3 is 10.2 Å². The fourth-order valence-corrected chi connectivity index (χ4v) is 2.69. The van der Waals surface area contributed by atoms with Crippen LogP contribution in [-0.2, 0) is 0 Å². The molecule has 1 aromatic heterocycles. The summed E-state index contributed by atoms with van der Waals surface area (Å²) in [5, 5.41) is 3.08. The van der Waals surface area contributed by atoms with E-state index in [1.165, 1.54) is 13.0 Å². The average molecular weight is 217 g/mol. The molecule has 2 bridgehead atoms. The van der Waals surface area contributed by atoms with E-state index in [0.717, 1.165) is 13.1 Å². The Morgan fingerprint density at radius 2 is 2.38 bits per heavy atom. The lowest BCUT2D eigenvalue weighted by molar-refractivity contribution is 0.0919. The Labute approximate surface area is 94.7 Å². The summed E-state index contributed by atoms with van der Waals surface area (Å²) in [6.07, 6.45) is 2.87. The molecule has 1 amide bonds. The third-order valence-corrected chi connectivity index (χ3v) is 3.55. The average Bonchev–Trinajstić information content (AvgIpc) is 2.92. The van der Waals surface area contributed by atoms with Crippen LogP contribution in [0.4, 0.5) is 0 Å². The summed E-state index contributed by atoms with van der Waals surface area (Å²) in [6.45, 7) is 3.34. The monoisotopic (exact) mass is 217 g/mol. The van der Waals surface area contributed by atoms with E-state index in [2.05, 4.69) is 15.2 Å². The summed E-state index contributed by atoms with van der Waals surface area (Å²) in [4.78, 5) is 18.4. The number of amides is 1. The number of hydrogen-bond acceptors (Lipinski definition) is 3. The molecule has 0 radical (unpaired) electrons. The van der Waals surface area contributed by atoms with Crippen LogP contribution in [0.1, 0.15) is 16.9 Å². The van der Waals surface area contributed by atoms with E-state index in [9.17, 15) is 4.79 Å². The summed E-state index contributed by atoms with van der Waals surface area (Å²) < 4.78 is 0. The zero-order valence-corrected chi connectivity index (χ0v) is 9.10. The first kappa shape index (κ1) is 9.78. The van der Waals surface area contributed by atoms with Gasteiger partial charge in [0.1, 0.15) is 5.69 Å². The van der Waals surface area contributed by atoms with Crippen molar-refractivity contribution in [1.82, 2.24) is 15.2 Å². The molecule has 84 valence electrons. The Balaban J connectivity index is 1.65. The van der Waals surface area contributed by atoms with Gasteiger partial charge in [-0.25, -0.2) is 0 Å². The highest BCUT2D eigenvalue weighted by Crippen LogP contribution is 2.27. The maximum absolute atomic E-state index is 11.9. The maximum Gasteiger partial charge on any atom is 0.270 e. The highest BCUT2D eigenvalue weighted by molar-refractivity contribution is 5.92. The van der Waals surface area contributed by atoms with Crippen LogP contribution in [0.3, 0.4) is 0 Å². The van der Waals surface area contributed by atoms with Gasteiger partial charge in [-0.1, -0.05) is 6.07 Å². The minimum absolute atomic E-state index is 0.0423. The number of piperidine rings is 1. The van der Waals surface area contributed by atoms with Crippen LogP contribution >= 0.6 is 0 Å². The Morgan fingerprint density at radius 1 is 1.44 bits per heavy atom. The van der Waals surface area contributed by atoms with Gasteiger partial charge >= 0.3 is 0 Å². The summed E-state index contributed by atoms with van der Waals surface area (Å²) in [6, 6.07) is 5.73. The molecule has 2 fully saturated rings. The molecule has 2 saturated heterocycles.